The molecule has 2 rings (SSSR count). The SMILES string of the molecule is CN(C(=O)OC(C)(C)C)C1OCCc2sc(I)cc21. The maximum Gasteiger partial charge on any atom is 0.412 e. The minimum Gasteiger partial charge on any atom is -0.444 e. The van der Waals surface area contributed by atoms with E-state index in [1.807, 2.05) is 20.8 Å². The van der Waals surface area contributed by atoms with Crippen LogP contribution in [0.25, 0.3) is 0 Å². The van der Waals surface area contributed by atoms with Gasteiger partial charge >= 0.3 is 6.09 Å². The van der Waals surface area contributed by atoms with E-state index >= 15 is 0 Å². The lowest BCUT2D eigenvalue weighted by Gasteiger charge is -2.32. The zero-order chi connectivity index (χ0) is 14.2. The topological polar surface area (TPSA) is 38.8 Å². The molecule has 0 saturated heterocycles. The van der Waals surface area contributed by atoms with Crippen molar-refractivity contribution in [3.63, 3.8) is 0 Å². The monoisotopic (exact) mass is 395 g/mol. The molecule has 0 aromatic carbocycles. The standard InChI is InChI=1S/C13H18INO3S/c1-13(2,3)18-12(16)15(4)11-8-7-10(14)19-9(8)5-6-17-11/h7,11H,5-6H2,1-4H3. The van der Waals surface area contributed by atoms with Gasteiger partial charge in [-0.15, -0.1) is 11.3 Å². The predicted octanol–water partition coefficient (Wildman–Crippen LogP) is 3.79. The Hall–Kier alpha value is -0.340. The van der Waals surface area contributed by atoms with Gasteiger partial charge in [-0.25, -0.2) is 4.79 Å². The molecule has 1 aromatic rings. The van der Waals surface area contributed by atoms with Crippen LogP contribution in [-0.2, 0) is 15.9 Å². The maximum atomic E-state index is 12.1. The molecule has 1 atom stereocenters. The van der Waals surface area contributed by atoms with Crippen LogP contribution in [-0.4, -0.2) is 30.2 Å². The van der Waals surface area contributed by atoms with Crippen LogP contribution in [0.4, 0.5) is 4.79 Å². The number of fused-ring (bicyclic) bond motifs is 1. The van der Waals surface area contributed by atoms with Crippen LogP contribution in [0.2, 0.25) is 0 Å². The van der Waals surface area contributed by atoms with Crippen molar-refractivity contribution in [1.29, 1.82) is 0 Å². The summed E-state index contributed by atoms with van der Waals surface area (Å²) in [5.41, 5.74) is 0.598. The summed E-state index contributed by atoms with van der Waals surface area (Å²) in [5, 5.41) is 0. The first-order chi connectivity index (χ1) is 8.78. The number of rotatable bonds is 1. The third-order valence-electron chi connectivity index (χ3n) is 2.72. The molecule has 0 spiro atoms. The number of nitrogens with zero attached hydrogens (tertiary/aromatic N) is 1. The fourth-order valence-corrected chi connectivity index (χ4v) is 3.93. The van der Waals surface area contributed by atoms with Crippen LogP contribution >= 0.6 is 33.9 Å². The zero-order valence-corrected chi connectivity index (χ0v) is 14.5. The number of amides is 1. The zero-order valence-electron chi connectivity index (χ0n) is 11.5. The summed E-state index contributed by atoms with van der Waals surface area (Å²) in [6, 6.07) is 2.09. The Bertz CT molecular complexity index is 481. The minimum atomic E-state index is -0.494. The van der Waals surface area contributed by atoms with E-state index in [2.05, 4.69) is 28.7 Å². The Labute approximate surface area is 131 Å². The van der Waals surface area contributed by atoms with Gasteiger partial charge < -0.3 is 9.47 Å². The van der Waals surface area contributed by atoms with Gasteiger partial charge in [-0.05, 0) is 49.4 Å². The van der Waals surface area contributed by atoms with E-state index in [0.717, 1.165) is 12.0 Å². The van der Waals surface area contributed by atoms with E-state index in [1.165, 1.54) is 12.7 Å². The molecule has 1 amide bonds. The van der Waals surface area contributed by atoms with Gasteiger partial charge in [0.15, 0.2) is 6.23 Å². The van der Waals surface area contributed by atoms with E-state index in [4.69, 9.17) is 9.47 Å². The molecule has 4 nitrogen and oxygen atoms in total. The molecule has 1 aromatic heterocycles. The molecule has 0 bridgehead atoms. The van der Waals surface area contributed by atoms with Crippen LogP contribution in [0, 0.1) is 2.88 Å². The van der Waals surface area contributed by atoms with Gasteiger partial charge in [-0.3, -0.25) is 4.90 Å². The van der Waals surface area contributed by atoms with Crippen molar-refractivity contribution in [3.05, 3.63) is 19.4 Å². The van der Waals surface area contributed by atoms with Crippen LogP contribution in [0.3, 0.4) is 0 Å². The molecule has 1 unspecified atom stereocenters. The summed E-state index contributed by atoms with van der Waals surface area (Å²) >= 11 is 4.07. The molecule has 0 saturated carbocycles. The van der Waals surface area contributed by atoms with Crippen LogP contribution in [0.5, 0.6) is 0 Å². The van der Waals surface area contributed by atoms with E-state index in [-0.39, 0.29) is 12.3 Å². The molecule has 0 N–H and O–H groups in total. The number of hydrogen-bond acceptors (Lipinski definition) is 4. The van der Waals surface area contributed by atoms with Crippen molar-refractivity contribution in [1.82, 2.24) is 4.90 Å². The van der Waals surface area contributed by atoms with Crippen LogP contribution in [0.15, 0.2) is 6.07 Å². The number of carbonyl (C=O) groups excluding carboxylic acids is 1. The van der Waals surface area contributed by atoms with E-state index in [9.17, 15) is 4.79 Å². The normalized spacial score (nSPS) is 18.9. The van der Waals surface area contributed by atoms with Gasteiger partial charge in [0.2, 0.25) is 0 Å². The molecule has 2 heterocycles. The largest absolute Gasteiger partial charge is 0.444 e. The molecule has 6 heteroatoms. The molecule has 0 aliphatic carbocycles. The van der Waals surface area contributed by atoms with Gasteiger partial charge in [0.25, 0.3) is 0 Å². The Morgan fingerprint density at radius 3 is 2.89 bits per heavy atom. The highest BCUT2D eigenvalue weighted by Crippen LogP contribution is 2.36. The van der Waals surface area contributed by atoms with Crippen molar-refractivity contribution < 1.29 is 14.3 Å². The Morgan fingerprint density at radius 1 is 1.58 bits per heavy atom. The van der Waals surface area contributed by atoms with Crippen molar-refractivity contribution in [2.45, 2.75) is 39.0 Å². The van der Waals surface area contributed by atoms with Crippen LogP contribution in [0.1, 0.15) is 37.4 Å². The lowest BCUT2D eigenvalue weighted by molar-refractivity contribution is -0.0655. The lowest BCUT2D eigenvalue weighted by Crippen LogP contribution is -2.39. The molecule has 1 aliphatic heterocycles. The number of hydrogen-bond donors (Lipinski definition) is 0. The third kappa shape index (κ3) is 3.61. The second kappa shape index (κ2) is 5.57. The molecule has 1 aliphatic rings. The highest BCUT2D eigenvalue weighted by molar-refractivity contribution is 14.1. The van der Waals surface area contributed by atoms with Gasteiger partial charge in [-0.2, -0.15) is 0 Å². The van der Waals surface area contributed by atoms with Gasteiger partial charge in [0.1, 0.15) is 5.60 Å². The Balaban J connectivity index is 2.16. The van der Waals surface area contributed by atoms with Gasteiger partial charge in [-0.1, -0.05) is 0 Å². The first kappa shape index (κ1) is 15.1. The van der Waals surface area contributed by atoms with E-state index in [0.29, 0.717) is 6.61 Å². The van der Waals surface area contributed by atoms with Crippen molar-refractivity contribution in [2.24, 2.45) is 0 Å². The molecule has 0 fully saturated rings. The highest BCUT2D eigenvalue weighted by Gasteiger charge is 2.31. The first-order valence-corrected chi connectivity index (χ1v) is 8.03. The van der Waals surface area contributed by atoms with Crippen molar-refractivity contribution in [3.8, 4) is 0 Å². The van der Waals surface area contributed by atoms with E-state index in [1.54, 1.807) is 18.4 Å². The average Bonchev–Trinajstić information content (AvgIpc) is 2.65. The minimum absolute atomic E-state index is 0.335. The summed E-state index contributed by atoms with van der Waals surface area (Å²) < 4.78 is 12.3. The number of halogens is 1. The Kier molecular flexibility index (Phi) is 4.42. The molecular formula is C13H18INO3S. The van der Waals surface area contributed by atoms with E-state index < -0.39 is 5.60 Å². The molecule has 106 valence electrons. The number of thiophene rings is 1. The fraction of sp³-hybridized carbons (Fsp3) is 0.615. The second-order valence-electron chi connectivity index (χ2n) is 5.49. The molecular weight excluding hydrogens is 377 g/mol. The Morgan fingerprint density at radius 2 is 2.26 bits per heavy atom. The van der Waals surface area contributed by atoms with Gasteiger partial charge in [0, 0.05) is 23.9 Å². The van der Waals surface area contributed by atoms with Crippen molar-refractivity contribution >= 4 is 40.0 Å². The van der Waals surface area contributed by atoms with Crippen LogP contribution < -0.4 is 0 Å². The maximum absolute atomic E-state index is 12.1. The summed E-state index contributed by atoms with van der Waals surface area (Å²) in [5.74, 6) is 0. The summed E-state index contributed by atoms with van der Waals surface area (Å²) in [6.45, 7) is 6.22. The average molecular weight is 395 g/mol. The summed E-state index contributed by atoms with van der Waals surface area (Å²) in [7, 11) is 1.72. The summed E-state index contributed by atoms with van der Waals surface area (Å²) in [4.78, 5) is 14.9. The number of carbonyl (C=O) groups is 1. The number of ether oxygens (including phenoxy) is 2. The summed E-state index contributed by atoms with van der Waals surface area (Å²) in [6.07, 6.45) is 0.228. The first-order valence-electron chi connectivity index (χ1n) is 6.13. The molecule has 19 heavy (non-hydrogen) atoms. The smallest absolute Gasteiger partial charge is 0.412 e. The van der Waals surface area contributed by atoms with Gasteiger partial charge in [0.05, 0.1) is 9.49 Å². The van der Waals surface area contributed by atoms with Crippen molar-refractivity contribution in [2.75, 3.05) is 13.7 Å². The fourth-order valence-electron chi connectivity index (χ4n) is 1.92. The molecule has 0 radical (unpaired) electrons. The lowest BCUT2D eigenvalue weighted by atomic mass is 10.1. The quantitative estimate of drug-likeness (QED) is 0.680. The predicted molar refractivity (Wildman–Crippen MR) is 83.4 cm³/mol. The second-order valence-corrected chi connectivity index (χ2v) is 8.52. The third-order valence-corrected chi connectivity index (χ3v) is 4.69. The highest BCUT2D eigenvalue weighted by atomic mass is 127.